The molecule has 27 heavy (non-hydrogen) atoms. The van der Waals surface area contributed by atoms with Gasteiger partial charge in [0.2, 0.25) is 5.91 Å². The molecule has 1 heterocycles. The van der Waals surface area contributed by atoms with Crippen molar-refractivity contribution in [3.8, 4) is 5.75 Å². The number of hydrogen-bond donors (Lipinski definition) is 0. The van der Waals surface area contributed by atoms with E-state index >= 15 is 0 Å². The van der Waals surface area contributed by atoms with Gasteiger partial charge in [0.1, 0.15) is 5.75 Å². The third-order valence-corrected chi connectivity index (χ3v) is 4.60. The van der Waals surface area contributed by atoms with Crippen LogP contribution in [0.15, 0.2) is 59.8 Å². The van der Waals surface area contributed by atoms with Crippen LogP contribution in [0.1, 0.15) is 31.4 Å². The largest absolute Gasteiger partial charge is 0.497 e. The molecule has 0 saturated heterocycles. The van der Waals surface area contributed by atoms with Gasteiger partial charge < -0.3 is 14.5 Å². The molecule has 0 radical (unpaired) electrons. The molecule has 142 valence electrons. The van der Waals surface area contributed by atoms with Crippen molar-refractivity contribution in [3.63, 3.8) is 0 Å². The topological polar surface area (TPSA) is 51.1 Å². The first-order valence-corrected chi connectivity index (χ1v) is 9.26. The van der Waals surface area contributed by atoms with Crippen molar-refractivity contribution in [1.82, 2.24) is 4.90 Å². The molecule has 0 aromatic heterocycles. The van der Waals surface area contributed by atoms with Crippen molar-refractivity contribution in [3.05, 3.63) is 65.7 Å². The molecule has 2 aromatic rings. The maximum absolute atomic E-state index is 12.7. The SMILES string of the molecule is COc1ccc(C2=NOC(CN(Cc3ccccc3)C(=O)C(C)C)C2)cc1. The lowest BCUT2D eigenvalue weighted by molar-refractivity contribution is -0.136. The van der Waals surface area contributed by atoms with Crippen LogP contribution < -0.4 is 4.74 Å². The third-order valence-electron chi connectivity index (χ3n) is 4.60. The predicted octanol–water partition coefficient (Wildman–Crippen LogP) is 3.87. The molecule has 5 nitrogen and oxygen atoms in total. The van der Waals surface area contributed by atoms with Crippen LogP contribution in [0, 0.1) is 5.92 Å². The average Bonchev–Trinajstić information content (AvgIpc) is 3.16. The molecule has 0 fully saturated rings. The van der Waals surface area contributed by atoms with Crippen molar-refractivity contribution in [1.29, 1.82) is 0 Å². The van der Waals surface area contributed by atoms with Crippen LogP contribution in [0.3, 0.4) is 0 Å². The van der Waals surface area contributed by atoms with E-state index in [-0.39, 0.29) is 17.9 Å². The van der Waals surface area contributed by atoms with Gasteiger partial charge in [-0.3, -0.25) is 4.79 Å². The summed E-state index contributed by atoms with van der Waals surface area (Å²) in [7, 11) is 1.65. The van der Waals surface area contributed by atoms with Gasteiger partial charge in [0.25, 0.3) is 0 Å². The molecule has 0 aliphatic carbocycles. The Labute approximate surface area is 160 Å². The van der Waals surface area contributed by atoms with Gasteiger partial charge in [-0.2, -0.15) is 0 Å². The molecular weight excluding hydrogens is 340 g/mol. The molecular formula is C22H26N2O3. The standard InChI is InChI=1S/C22H26N2O3/c1-16(2)22(25)24(14-17-7-5-4-6-8-17)15-20-13-21(23-27-20)18-9-11-19(26-3)12-10-18/h4-12,16,20H,13-15H2,1-3H3. The second kappa shape index (κ2) is 8.71. The Kier molecular flexibility index (Phi) is 6.12. The van der Waals surface area contributed by atoms with Crippen molar-refractivity contribution in [2.45, 2.75) is 32.9 Å². The summed E-state index contributed by atoms with van der Waals surface area (Å²) in [5, 5.41) is 4.25. The monoisotopic (exact) mass is 366 g/mol. The quantitative estimate of drug-likeness (QED) is 0.747. The Morgan fingerprint density at radius 1 is 1.19 bits per heavy atom. The Bertz CT molecular complexity index is 785. The summed E-state index contributed by atoms with van der Waals surface area (Å²) >= 11 is 0. The van der Waals surface area contributed by atoms with Crippen molar-refractivity contribution in [2.75, 3.05) is 13.7 Å². The molecule has 5 heteroatoms. The second-order valence-corrected chi connectivity index (χ2v) is 7.06. The molecule has 1 aliphatic rings. The zero-order valence-corrected chi connectivity index (χ0v) is 16.1. The smallest absolute Gasteiger partial charge is 0.225 e. The van der Waals surface area contributed by atoms with Crippen LogP contribution in [0.5, 0.6) is 5.75 Å². The maximum atomic E-state index is 12.7. The first-order chi connectivity index (χ1) is 13.1. The average molecular weight is 366 g/mol. The van der Waals surface area contributed by atoms with Crippen LogP contribution in [-0.4, -0.2) is 36.3 Å². The number of carbonyl (C=O) groups is 1. The van der Waals surface area contributed by atoms with E-state index in [2.05, 4.69) is 5.16 Å². The van der Waals surface area contributed by atoms with Gasteiger partial charge in [-0.1, -0.05) is 49.3 Å². The molecule has 0 spiro atoms. The lowest BCUT2D eigenvalue weighted by atomic mass is 10.0. The van der Waals surface area contributed by atoms with Crippen molar-refractivity contribution < 1.29 is 14.4 Å². The molecule has 1 unspecified atom stereocenters. The summed E-state index contributed by atoms with van der Waals surface area (Å²) in [4.78, 5) is 20.2. The minimum absolute atomic E-state index is 0.0582. The van der Waals surface area contributed by atoms with Crippen LogP contribution in [0.2, 0.25) is 0 Å². The normalized spacial score (nSPS) is 16.0. The maximum Gasteiger partial charge on any atom is 0.225 e. The van der Waals surface area contributed by atoms with E-state index in [9.17, 15) is 4.79 Å². The van der Waals surface area contributed by atoms with E-state index in [0.29, 0.717) is 19.5 Å². The Hall–Kier alpha value is -2.82. The number of oxime groups is 1. The number of benzene rings is 2. The zero-order valence-electron chi connectivity index (χ0n) is 16.1. The molecule has 0 N–H and O–H groups in total. The lowest BCUT2D eigenvalue weighted by Gasteiger charge is -2.26. The van der Waals surface area contributed by atoms with Crippen LogP contribution in [0.4, 0.5) is 0 Å². The molecule has 1 amide bonds. The first-order valence-electron chi connectivity index (χ1n) is 9.26. The van der Waals surface area contributed by atoms with Crippen LogP contribution in [-0.2, 0) is 16.2 Å². The number of ether oxygens (including phenoxy) is 1. The summed E-state index contributed by atoms with van der Waals surface area (Å²) in [6, 6.07) is 17.8. The van der Waals surface area contributed by atoms with E-state index in [0.717, 1.165) is 22.6 Å². The molecule has 1 atom stereocenters. The molecule has 3 rings (SSSR count). The highest BCUT2D eigenvalue weighted by atomic mass is 16.6. The number of nitrogens with zero attached hydrogens (tertiary/aromatic N) is 2. The zero-order chi connectivity index (χ0) is 19.2. The van der Waals surface area contributed by atoms with E-state index in [4.69, 9.17) is 9.57 Å². The minimum Gasteiger partial charge on any atom is -0.497 e. The van der Waals surface area contributed by atoms with E-state index in [1.54, 1.807) is 7.11 Å². The van der Waals surface area contributed by atoms with Gasteiger partial charge in [-0.15, -0.1) is 0 Å². The first kappa shape index (κ1) is 19.0. The lowest BCUT2D eigenvalue weighted by Crippen LogP contribution is -2.39. The van der Waals surface area contributed by atoms with E-state index in [1.807, 2.05) is 73.3 Å². The Balaban J connectivity index is 1.65. The van der Waals surface area contributed by atoms with E-state index < -0.39 is 0 Å². The fourth-order valence-corrected chi connectivity index (χ4v) is 3.13. The fraction of sp³-hybridized carbons (Fsp3) is 0.364. The van der Waals surface area contributed by atoms with Gasteiger partial charge in [0.15, 0.2) is 6.10 Å². The highest BCUT2D eigenvalue weighted by Crippen LogP contribution is 2.21. The Morgan fingerprint density at radius 2 is 1.89 bits per heavy atom. The summed E-state index contributed by atoms with van der Waals surface area (Å²) in [5.41, 5.74) is 3.03. The summed E-state index contributed by atoms with van der Waals surface area (Å²) in [5.74, 6) is 0.879. The fourth-order valence-electron chi connectivity index (χ4n) is 3.13. The van der Waals surface area contributed by atoms with Gasteiger partial charge in [0, 0.05) is 18.9 Å². The van der Waals surface area contributed by atoms with Gasteiger partial charge in [-0.25, -0.2) is 0 Å². The molecule has 0 bridgehead atoms. The van der Waals surface area contributed by atoms with Crippen molar-refractivity contribution >= 4 is 11.6 Å². The molecule has 1 aliphatic heterocycles. The summed E-state index contributed by atoms with van der Waals surface area (Å²) in [6.07, 6.45) is 0.553. The number of methoxy groups -OCH3 is 1. The minimum atomic E-state index is -0.131. The number of carbonyl (C=O) groups excluding carboxylic acids is 1. The predicted molar refractivity (Wildman–Crippen MR) is 106 cm³/mol. The molecule has 2 aromatic carbocycles. The van der Waals surface area contributed by atoms with Crippen LogP contribution >= 0.6 is 0 Å². The number of hydrogen-bond acceptors (Lipinski definition) is 4. The summed E-state index contributed by atoms with van der Waals surface area (Å²) in [6.45, 7) is 4.95. The van der Waals surface area contributed by atoms with Crippen LogP contribution in [0.25, 0.3) is 0 Å². The third kappa shape index (κ3) is 4.88. The highest BCUT2D eigenvalue weighted by molar-refractivity contribution is 6.01. The summed E-state index contributed by atoms with van der Waals surface area (Å²) < 4.78 is 5.20. The van der Waals surface area contributed by atoms with Gasteiger partial charge in [-0.05, 0) is 35.4 Å². The van der Waals surface area contributed by atoms with E-state index in [1.165, 1.54) is 0 Å². The van der Waals surface area contributed by atoms with Crippen molar-refractivity contribution in [2.24, 2.45) is 11.1 Å². The highest BCUT2D eigenvalue weighted by Gasteiger charge is 2.27. The van der Waals surface area contributed by atoms with Gasteiger partial charge >= 0.3 is 0 Å². The molecule has 0 saturated carbocycles. The Morgan fingerprint density at radius 3 is 2.52 bits per heavy atom. The second-order valence-electron chi connectivity index (χ2n) is 7.06. The van der Waals surface area contributed by atoms with Gasteiger partial charge in [0.05, 0.1) is 19.4 Å². The number of rotatable bonds is 7. The number of amides is 1.